The summed E-state index contributed by atoms with van der Waals surface area (Å²) in [4.78, 5) is 26.7. The van der Waals surface area contributed by atoms with Gasteiger partial charge in [-0.25, -0.2) is 9.18 Å². The molecule has 1 N–H and O–H groups in total. The quantitative estimate of drug-likeness (QED) is 0.687. The topological polar surface area (TPSA) is 77.6 Å². The number of rotatable bonds is 3. The first kappa shape index (κ1) is 18.0. The third-order valence-electron chi connectivity index (χ3n) is 4.95. The first-order valence-electron chi connectivity index (χ1n) is 8.43. The fourth-order valence-corrected chi connectivity index (χ4v) is 3.87. The zero-order valence-electron chi connectivity index (χ0n) is 14.7. The van der Waals surface area contributed by atoms with Gasteiger partial charge in [0, 0.05) is 28.5 Å². The lowest BCUT2D eigenvalue weighted by atomic mass is 9.92. The molecule has 0 saturated carbocycles. The highest BCUT2D eigenvalue weighted by Crippen LogP contribution is 2.35. The van der Waals surface area contributed by atoms with Crippen molar-refractivity contribution >= 4 is 29.1 Å². The standard InChI is InChI=1S/C20H14ClFN4O2/c1-20(15-6-5-13(22)8-16(15)21)18(27)26(19(28)24-20)11-12-10-25-7-3-2-4-17(25)14(12)9-23/h2-8,10H,11H2,1H3,(H,24,28). The van der Waals surface area contributed by atoms with Gasteiger partial charge in [0.05, 0.1) is 17.6 Å². The van der Waals surface area contributed by atoms with Crippen LogP contribution in [0.3, 0.4) is 0 Å². The Balaban J connectivity index is 1.72. The van der Waals surface area contributed by atoms with E-state index in [0.717, 1.165) is 11.0 Å². The number of nitriles is 1. The Hall–Kier alpha value is -3.37. The van der Waals surface area contributed by atoms with Crippen molar-refractivity contribution in [2.24, 2.45) is 0 Å². The van der Waals surface area contributed by atoms with Crippen LogP contribution < -0.4 is 5.32 Å². The smallest absolute Gasteiger partial charge is 0.322 e. The molecule has 3 heterocycles. The van der Waals surface area contributed by atoms with E-state index >= 15 is 0 Å². The summed E-state index contributed by atoms with van der Waals surface area (Å²) in [5, 5.41) is 12.2. The average molecular weight is 397 g/mol. The lowest BCUT2D eigenvalue weighted by molar-refractivity contribution is -0.131. The van der Waals surface area contributed by atoms with Crippen LogP contribution in [0.2, 0.25) is 5.02 Å². The van der Waals surface area contributed by atoms with Gasteiger partial charge in [-0.1, -0.05) is 23.7 Å². The SMILES string of the molecule is CC1(c2ccc(F)cc2Cl)NC(=O)N(Cc2cn3ccccc3c2C#N)C1=O. The van der Waals surface area contributed by atoms with Crippen molar-refractivity contribution in [1.29, 1.82) is 5.26 Å². The minimum atomic E-state index is -1.42. The number of halogens is 2. The summed E-state index contributed by atoms with van der Waals surface area (Å²) in [7, 11) is 0. The third kappa shape index (κ3) is 2.62. The summed E-state index contributed by atoms with van der Waals surface area (Å²) in [6, 6.07) is 10.6. The van der Waals surface area contributed by atoms with Gasteiger partial charge in [0.2, 0.25) is 0 Å². The molecule has 1 aromatic carbocycles. The maximum absolute atomic E-state index is 13.4. The van der Waals surface area contributed by atoms with Gasteiger partial charge >= 0.3 is 6.03 Å². The molecular formula is C20H14ClFN4O2. The predicted octanol–water partition coefficient (Wildman–Crippen LogP) is 3.57. The molecule has 140 valence electrons. The number of imide groups is 1. The molecule has 3 aromatic rings. The first-order valence-corrected chi connectivity index (χ1v) is 8.81. The molecule has 4 rings (SSSR count). The number of nitrogens with zero attached hydrogens (tertiary/aromatic N) is 3. The fourth-order valence-electron chi connectivity index (χ4n) is 3.51. The van der Waals surface area contributed by atoms with Gasteiger partial charge in [-0.3, -0.25) is 9.69 Å². The molecule has 1 fully saturated rings. The molecule has 3 amide bonds. The van der Waals surface area contributed by atoms with Crippen LogP contribution in [-0.4, -0.2) is 21.2 Å². The number of aromatic nitrogens is 1. The van der Waals surface area contributed by atoms with E-state index < -0.39 is 23.3 Å². The first-order chi connectivity index (χ1) is 13.3. The van der Waals surface area contributed by atoms with Crippen LogP contribution >= 0.6 is 11.6 Å². The van der Waals surface area contributed by atoms with Crippen molar-refractivity contribution in [2.45, 2.75) is 19.0 Å². The summed E-state index contributed by atoms with van der Waals surface area (Å²) >= 11 is 6.11. The van der Waals surface area contributed by atoms with Gasteiger partial charge < -0.3 is 9.72 Å². The highest BCUT2D eigenvalue weighted by Gasteiger charge is 2.50. The summed E-state index contributed by atoms with van der Waals surface area (Å²) in [6.07, 6.45) is 3.50. The summed E-state index contributed by atoms with van der Waals surface area (Å²) in [5.74, 6) is -1.06. The van der Waals surface area contributed by atoms with E-state index in [1.165, 1.54) is 19.1 Å². The van der Waals surface area contributed by atoms with Gasteiger partial charge in [0.1, 0.15) is 17.4 Å². The number of hydrogen-bond acceptors (Lipinski definition) is 3. The zero-order chi connectivity index (χ0) is 20.1. The number of hydrogen-bond donors (Lipinski definition) is 1. The number of carbonyl (C=O) groups excluding carboxylic acids is 2. The van der Waals surface area contributed by atoms with E-state index in [0.29, 0.717) is 22.2 Å². The second kappa shape index (κ2) is 6.36. The van der Waals surface area contributed by atoms with Crippen LogP contribution in [0.15, 0.2) is 48.8 Å². The highest BCUT2D eigenvalue weighted by atomic mass is 35.5. The molecular weight excluding hydrogens is 383 g/mol. The lowest BCUT2D eigenvalue weighted by Crippen LogP contribution is -2.41. The van der Waals surface area contributed by atoms with E-state index in [9.17, 15) is 19.2 Å². The number of urea groups is 1. The van der Waals surface area contributed by atoms with Gasteiger partial charge in [0.25, 0.3) is 5.91 Å². The Morgan fingerprint density at radius 3 is 2.79 bits per heavy atom. The van der Waals surface area contributed by atoms with Crippen LogP contribution in [0, 0.1) is 17.1 Å². The third-order valence-corrected chi connectivity index (χ3v) is 5.26. The number of amides is 3. The van der Waals surface area contributed by atoms with E-state index in [-0.39, 0.29) is 11.6 Å². The molecule has 1 unspecified atom stereocenters. The second-order valence-corrected chi connectivity index (χ2v) is 7.11. The molecule has 2 aromatic heterocycles. The number of nitrogens with one attached hydrogen (secondary N) is 1. The Kier molecular flexibility index (Phi) is 4.09. The molecule has 0 aliphatic carbocycles. The molecule has 6 nitrogen and oxygen atoms in total. The van der Waals surface area contributed by atoms with Crippen molar-refractivity contribution in [3.05, 3.63) is 76.3 Å². The Morgan fingerprint density at radius 2 is 2.07 bits per heavy atom. The molecule has 28 heavy (non-hydrogen) atoms. The molecule has 0 radical (unpaired) electrons. The van der Waals surface area contributed by atoms with Gasteiger partial charge in [0.15, 0.2) is 0 Å². The van der Waals surface area contributed by atoms with Crippen molar-refractivity contribution in [2.75, 3.05) is 0 Å². The molecule has 1 aliphatic heterocycles. The summed E-state index contributed by atoms with van der Waals surface area (Å²) in [5.41, 5.74) is 0.519. The summed E-state index contributed by atoms with van der Waals surface area (Å²) < 4.78 is 15.1. The minimum Gasteiger partial charge on any atom is -0.322 e. The van der Waals surface area contributed by atoms with Crippen molar-refractivity contribution in [3.8, 4) is 6.07 Å². The highest BCUT2D eigenvalue weighted by molar-refractivity contribution is 6.32. The monoisotopic (exact) mass is 396 g/mol. The molecule has 1 aliphatic rings. The molecule has 0 bridgehead atoms. The van der Waals surface area contributed by atoms with Crippen LogP contribution in [0.1, 0.15) is 23.6 Å². The maximum atomic E-state index is 13.4. The fraction of sp³-hybridized carbons (Fsp3) is 0.150. The number of carbonyl (C=O) groups is 2. The van der Waals surface area contributed by atoms with Crippen LogP contribution in [0.4, 0.5) is 9.18 Å². The Morgan fingerprint density at radius 1 is 1.29 bits per heavy atom. The summed E-state index contributed by atoms with van der Waals surface area (Å²) in [6.45, 7) is 1.46. The van der Waals surface area contributed by atoms with Gasteiger partial charge in [-0.2, -0.15) is 5.26 Å². The van der Waals surface area contributed by atoms with Crippen LogP contribution in [0.25, 0.3) is 5.52 Å². The van der Waals surface area contributed by atoms with E-state index in [2.05, 4.69) is 11.4 Å². The zero-order valence-corrected chi connectivity index (χ0v) is 15.5. The van der Waals surface area contributed by atoms with Gasteiger partial charge in [-0.15, -0.1) is 0 Å². The van der Waals surface area contributed by atoms with Crippen molar-refractivity contribution in [3.63, 3.8) is 0 Å². The Labute approximate surface area is 164 Å². The molecule has 1 saturated heterocycles. The van der Waals surface area contributed by atoms with E-state index in [1.807, 2.05) is 6.07 Å². The van der Waals surface area contributed by atoms with Crippen molar-refractivity contribution in [1.82, 2.24) is 14.6 Å². The van der Waals surface area contributed by atoms with Gasteiger partial charge in [-0.05, 0) is 31.2 Å². The molecule has 8 heteroatoms. The Bertz CT molecular complexity index is 1180. The number of pyridine rings is 1. The average Bonchev–Trinajstić information content (AvgIpc) is 3.11. The van der Waals surface area contributed by atoms with Crippen LogP contribution in [0.5, 0.6) is 0 Å². The maximum Gasteiger partial charge on any atom is 0.325 e. The molecule has 1 atom stereocenters. The van der Waals surface area contributed by atoms with E-state index in [1.54, 1.807) is 28.9 Å². The number of benzene rings is 1. The largest absolute Gasteiger partial charge is 0.325 e. The van der Waals surface area contributed by atoms with Crippen molar-refractivity contribution < 1.29 is 14.0 Å². The predicted molar refractivity (Wildman–Crippen MR) is 100.0 cm³/mol. The lowest BCUT2D eigenvalue weighted by Gasteiger charge is -2.23. The molecule has 0 spiro atoms. The normalized spacial score (nSPS) is 19.1. The minimum absolute atomic E-state index is 0.0466. The van der Waals surface area contributed by atoms with Crippen LogP contribution in [-0.2, 0) is 16.9 Å². The number of fused-ring (bicyclic) bond motifs is 1. The second-order valence-electron chi connectivity index (χ2n) is 6.70. The van der Waals surface area contributed by atoms with E-state index in [4.69, 9.17) is 11.6 Å².